The van der Waals surface area contributed by atoms with Gasteiger partial charge in [0, 0.05) is 25.8 Å². The van der Waals surface area contributed by atoms with E-state index in [9.17, 15) is 0 Å². The average molecular weight is 322 g/mol. The second kappa shape index (κ2) is 11.1. The maximum absolute atomic E-state index is 5.90. The van der Waals surface area contributed by atoms with Gasteiger partial charge in [0.1, 0.15) is 0 Å². The minimum atomic E-state index is 0.582. The van der Waals surface area contributed by atoms with Crippen LogP contribution in [0.2, 0.25) is 0 Å². The molecule has 0 fully saturated rings. The first-order valence-corrected chi connectivity index (χ1v) is 9.09. The van der Waals surface area contributed by atoms with Crippen LogP contribution in [0, 0.1) is 13.8 Å². The lowest BCUT2D eigenvalue weighted by Crippen LogP contribution is -2.32. The molecule has 5 nitrogen and oxygen atoms in total. The summed E-state index contributed by atoms with van der Waals surface area (Å²) in [4.78, 5) is 4.41. The number of aromatic nitrogens is 2. The van der Waals surface area contributed by atoms with Crippen LogP contribution in [0.15, 0.2) is 4.99 Å². The molecule has 0 aliphatic heterocycles. The van der Waals surface area contributed by atoms with Gasteiger partial charge in [0.05, 0.1) is 5.69 Å². The van der Waals surface area contributed by atoms with E-state index in [1.807, 2.05) is 11.7 Å². The van der Waals surface area contributed by atoms with Gasteiger partial charge in [0.25, 0.3) is 0 Å². The summed E-state index contributed by atoms with van der Waals surface area (Å²) in [5, 5.41) is 7.66. The van der Waals surface area contributed by atoms with Crippen LogP contribution in [0.1, 0.15) is 68.8 Å². The Morgan fingerprint density at radius 2 is 1.83 bits per heavy atom. The zero-order valence-electron chi connectivity index (χ0n) is 15.5. The Hall–Kier alpha value is -1.52. The van der Waals surface area contributed by atoms with Gasteiger partial charge in [-0.1, -0.05) is 39.0 Å². The third-order valence-electron chi connectivity index (χ3n) is 4.36. The first-order valence-electron chi connectivity index (χ1n) is 9.09. The lowest BCUT2D eigenvalue weighted by molar-refractivity contribution is 0.601. The van der Waals surface area contributed by atoms with Crippen molar-refractivity contribution < 1.29 is 0 Å². The summed E-state index contributed by atoms with van der Waals surface area (Å²) < 4.78 is 1.95. The third-order valence-corrected chi connectivity index (χ3v) is 4.36. The summed E-state index contributed by atoms with van der Waals surface area (Å²) in [5.41, 5.74) is 9.63. The van der Waals surface area contributed by atoms with Gasteiger partial charge in [-0.2, -0.15) is 5.10 Å². The van der Waals surface area contributed by atoms with E-state index in [0.29, 0.717) is 5.96 Å². The van der Waals surface area contributed by atoms with Crippen LogP contribution < -0.4 is 11.1 Å². The van der Waals surface area contributed by atoms with Crippen molar-refractivity contribution in [2.24, 2.45) is 17.8 Å². The molecule has 0 bridgehead atoms. The lowest BCUT2D eigenvalue weighted by Gasteiger charge is -2.06. The number of guanidine groups is 1. The van der Waals surface area contributed by atoms with E-state index in [2.05, 4.69) is 36.2 Å². The number of hydrogen-bond donors (Lipinski definition) is 2. The zero-order valence-corrected chi connectivity index (χ0v) is 15.5. The van der Waals surface area contributed by atoms with E-state index < -0.39 is 0 Å². The lowest BCUT2D eigenvalue weighted by atomic mass is 10.1. The Bertz CT molecular complexity index is 476. The quantitative estimate of drug-likeness (QED) is 0.373. The van der Waals surface area contributed by atoms with Gasteiger partial charge >= 0.3 is 0 Å². The molecular weight excluding hydrogens is 286 g/mol. The number of hydrogen-bond acceptors (Lipinski definition) is 2. The Kier molecular flexibility index (Phi) is 9.41. The molecule has 0 spiro atoms. The second-order valence-electron chi connectivity index (χ2n) is 6.34. The second-order valence-corrected chi connectivity index (χ2v) is 6.34. The Morgan fingerprint density at radius 3 is 2.48 bits per heavy atom. The molecule has 1 heterocycles. The van der Waals surface area contributed by atoms with Crippen molar-refractivity contribution in [3.63, 3.8) is 0 Å². The van der Waals surface area contributed by atoms with Gasteiger partial charge in [-0.15, -0.1) is 0 Å². The molecule has 3 N–H and O–H groups in total. The smallest absolute Gasteiger partial charge is 0.188 e. The monoisotopic (exact) mass is 321 g/mol. The van der Waals surface area contributed by atoms with Crippen LogP contribution in [0.5, 0.6) is 0 Å². The molecule has 0 aliphatic rings. The Morgan fingerprint density at radius 1 is 1.13 bits per heavy atom. The predicted octanol–water partition coefficient (Wildman–Crippen LogP) is 3.23. The summed E-state index contributed by atoms with van der Waals surface area (Å²) in [7, 11) is 1.99. The molecule has 0 saturated carbocycles. The zero-order chi connectivity index (χ0) is 17.1. The van der Waals surface area contributed by atoms with E-state index in [-0.39, 0.29) is 0 Å². The van der Waals surface area contributed by atoms with E-state index in [4.69, 9.17) is 5.73 Å². The number of nitrogens with zero attached hydrogens (tertiary/aromatic N) is 3. The van der Waals surface area contributed by atoms with E-state index in [1.54, 1.807) is 0 Å². The van der Waals surface area contributed by atoms with Crippen LogP contribution in [-0.4, -0.2) is 28.8 Å². The normalized spacial score (nSPS) is 11.9. The molecule has 0 amide bonds. The van der Waals surface area contributed by atoms with Gasteiger partial charge < -0.3 is 11.1 Å². The number of rotatable bonds is 11. The topological polar surface area (TPSA) is 68.2 Å². The summed E-state index contributed by atoms with van der Waals surface area (Å²) in [6.45, 7) is 8.14. The number of aryl methyl sites for hydroxylation is 2. The highest BCUT2D eigenvalue weighted by Gasteiger charge is 2.08. The molecule has 0 saturated heterocycles. The standard InChI is InChI=1S/C18H35N5/c1-5-6-7-8-9-10-13-20-18(19)21-14-11-12-17-15(2)22-23(4)16(17)3/h5-14H2,1-4H3,(H3,19,20,21). The first-order chi connectivity index (χ1) is 11.1. The van der Waals surface area contributed by atoms with Crippen LogP contribution >= 0.6 is 0 Å². The minimum absolute atomic E-state index is 0.582. The number of aliphatic imine (C=N–C) groups is 1. The number of nitrogens with two attached hydrogens (primary N) is 1. The van der Waals surface area contributed by atoms with Crippen molar-refractivity contribution in [2.75, 3.05) is 13.1 Å². The molecule has 23 heavy (non-hydrogen) atoms. The van der Waals surface area contributed by atoms with Gasteiger partial charge in [-0.05, 0) is 38.7 Å². The fourth-order valence-electron chi connectivity index (χ4n) is 2.81. The van der Waals surface area contributed by atoms with Gasteiger partial charge in [-0.25, -0.2) is 0 Å². The number of unbranched alkanes of at least 4 members (excludes halogenated alkanes) is 5. The highest BCUT2D eigenvalue weighted by atomic mass is 15.3. The molecule has 0 radical (unpaired) electrons. The van der Waals surface area contributed by atoms with Crippen LogP contribution in [0.3, 0.4) is 0 Å². The fourth-order valence-corrected chi connectivity index (χ4v) is 2.81. The van der Waals surface area contributed by atoms with Gasteiger partial charge in [0.15, 0.2) is 5.96 Å². The van der Waals surface area contributed by atoms with Crippen molar-refractivity contribution in [2.45, 2.75) is 72.1 Å². The largest absolute Gasteiger partial charge is 0.370 e. The summed E-state index contributed by atoms with van der Waals surface area (Å²) in [5.74, 6) is 0.582. The highest BCUT2D eigenvalue weighted by Crippen LogP contribution is 2.13. The molecule has 0 atom stereocenters. The molecule has 1 aromatic rings. The summed E-state index contributed by atoms with van der Waals surface area (Å²) in [6, 6.07) is 0. The molecule has 5 heteroatoms. The summed E-state index contributed by atoms with van der Waals surface area (Å²) in [6.07, 6.45) is 9.81. The van der Waals surface area contributed by atoms with E-state index in [0.717, 1.165) is 31.6 Å². The van der Waals surface area contributed by atoms with Gasteiger partial charge in [0.2, 0.25) is 0 Å². The van der Waals surface area contributed by atoms with Crippen LogP contribution in [-0.2, 0) is 13.5 Å². The Balaban J connectivity index is 2.12. The maximum atomic E-state index is 5.90. The van der Waals surface area contributed by atoms with E-state index >= 15 is 0 Å². The minimum Gasteiger partial charge on any atom is -0.370 e. The van der Waals surface area contributed by atoms with E-state index in [1.165, 1.54) is 49.8 Å². The summed E-state index contributed by atoms with van der Waals surface area (Å²) >= 11 is 0. The first kappa shape index (κ1) is 19.5. The van der Waals surface area contributed by atoms with Gasteiger partial charge in [-0.3, -0.25) is 9.67 Å². The van der Waals surface area contributed by atoms with Crippen molar-refractivity contribution in [1.82, 2.24) is 15.1 Å². The molecule has 0 unspecified atom stereocenters. The van der Waals surface area contributed by atoms with Crippen molar-refractivity contribution in [1.29, 1.82) is 0 Å². The molecule has 1 rings (SSSR count). The third kappa shape index (κ3) is 7.53. The molecular formula is C18H35N5. The molecule has 0 aliphatic carbocycles. The average Bonchev–Trinajstić information content (AvgIpc) is 2.76. The SMILES string of the molecule is CCCCCCCCNC(N)=NCCCc1c(C)nn(C)c1C. The number of nitrogens with one attached hydrogen (secondary N) is 1. The van der Waals surface area contributed by atoms with Crippen molar-refractivity contribution >= 4 is 5.96 Å². The van der Waals surface area contributed by atoms with Crippen molar-refractivity contribution in [3.8, 4) is 0 Å². The van der Waals surface area contributed by atoms with Crippen molar-refractivity contribution in [3.05, 3.63) is 17.0 Å². The maximum Gasteiger partial charge on any atom is 0.188 e. The molecule has 0 aromatic carbocycles. The fraction of sp³-hybridized carbons (Fsp3) is 0.778. The van der Waals surface area contributed by atoms with Crippen LogP contribution in [0.4, 0.5) is 0 Å². The molecule has 1 aromatic heterocycles. The highest BCUT2D eigenvalue weighted by molar-refractivity contribution is 5.77. The Labute approximate surface area is 141 Å². The predicted molar refractivity (Wildman–Crippen MR) is 98.9 cm³/mol. The van der Waals surface area contributed by atoms with Crippen LogP contribution in [0.25, 0.3) is 0 Å². The molecule has 132 valence electrons.